The summed E-state index contributed by atoms with van der Waals surface area (Å²) in [4.78, 5) is 12.3. The smallest absolute Gasteiger partial charge is 0.253 e. The molecule has 2 rings (SSSR count). The number of hydrogen-bond acceptors (Lipinski definition) is 2. The van der Waals surface area contributed by atoms with Gasteiger partial charge in [0, 0.05) is 4.47 Å². The van der Waals surface area contributed by atoms with Gasteiger partial charge in [0.25, 0.3) is 5.91 Å². The second-order valence-corrected chi connectivity index (χ2v) is 6.55. The topological polar surface area (TPSA) is 49.3 Å². The Morgan fingerprint density at radius 3 is 2.75 bits per heavy atom. The van der Waals surface area contributed by atoms with Gasteiger partial charge in [0.15, 0.2) is 0 Å². The molecule has 1 fully saturated rings. The molecule has 0 bridgehead atoms. The standard InChI is InChI=1S/C15H19BrFNO2/c1-10-4-6-15(9-19,7-5-10)18-14(20)12-8-11(17)2-3-13(12)16/h2-3,8,10,19H,4-7,9H2,1H3,(H,18,20). The molecule has 1 aromatic rings. The fraction of sp³-hybridized carbons (Fsp3) is 0.533. The molecule has 1 aliphatic carbocycles. The molecule has 5 heteroatoms. The molecular formula is C15H19BrFNO2. The van der Waals surface area contributed by atoms with Crippen molar-refractivity contribution < 1.29 is 14.3 Å². The average molecular weight is 344 g/mol. The van der Waals surface area contributed by atoms with E-state index in [0.717, 1.165) is 25.7 Å². The first-order valence-corrected chi connectivity index (χ1v) is 7.63. The monoisotopic (exact) mass is 343 g/mol. The van der Waals surface area contributed by atoms with Crippen LogP contribution in [0.1, 0.15) is 43.0 Å². The molecule has 0 atom stereocenters. The van der Waals surface area contributed by atoms with Crippen molar-refractivity contribution in [1.82, 2.24) is 5.32 Å². The van der Waals surface area contributed by atoms with Crippen LogP contribution in [0, 0.1) is 11.7 Å². The Labute approximate surface area is 126 Å². The summed E-state index contributed by atoms with van der Waals surface area (Å²) in [5.41, 5.74) is -0.313. The van der Waals surface area contributed by atoms with Crippen LogP contribution in [-0.2, 0) is 0 Å². The fourth-order valence-corrected chi connectivity index (χ4v) is 3.04. The number of carbonyl (C=O) groups excluding carboxylic acids is 1. The first-order chi connectivity index (χ1) is 9.46. The van der Waals surface area contributed by atoms with Gasteiger partial charge < -0.3 is 10.4 Å². The van der Waals surface area contributed by atoms with Crippen molar-refractivity contribution in [1.29, 1.82) is 0 Å². The van der Waals surface area contributed by atoms with Crippen LogP contribution in [0.3, 0.4) is 0 Å². The molecule has 2 N–H and O–H groups in total. The van der Waals surface area contributed by atoms with Gasteiger partial charge in [-0.2, -0.15) is 0 Å². The SMILES string of the molecule is CC1CCC(CO)(NC(=O)c2cc(F)ccc2Br)CC1. The minimum absolute atomic E-state index is 0.0849. The maximum absolute atomic E-state index is 13.3. The maximum atomic E-state index is 13.3. The van der Waals surface area contributed by atoms with Crippen LogP contribution in [0.15, 0.2) is 22.7 Å². The van der Waals surface area contributed by atoms with Crippen LogP contribution in [0.25, 0.3) is 0 Å². The van der Waals surface area contributed by atoms with Gasteiger partial charge in [0.05, 0.1) is 17.7 Å². The summed E-state index contributed by atoms with van der Waals surface area (Å²) in [6, 6.07) is 4.01. The zero-order valence-electron chi connectivity index (χ0n) is 11.5. The van der Waals surface area contributed by atoms with Crippen molar-refractivity contribution in [3.63, 3.8) is 0 Å². The van der Waals surface area contributed by atoms with E-state index < -0.39 is 11.4 Å². The summed E-state index contributed by atoms with van der Waals surface area (Å²) in [6.45, 7) is 2.09. The number of carbonyl (C=O) groups is 1. The Hall–Kier alpha value is -0.940. The molecule has 0 unspecified atom stereocenters. The largest absolute Gasteiger partial charge is 0.394 e. The third-order valence-corrected chi connectivity index (χ3v) is 4.78. The molecule has 0 radical (unpaired) electrons. The summed E-state index contributed by atoms with van der Waals surface area (Å²) in [6.07, 6.45) is 3.46. The van der Waals surface area contributed by atoms with E-state index in [-0.39, 0.29) is 18.1 Å². The molecule has 0 saturated heterocycles. The van der Waals surface area contributed by atoms with Crippen molar-refractivity contribution in [2.24, 2.45) is 5.92 Å². The lowest BCUT2D eigenvalue weighted by atomic mass is 9.77. The van der Waals surface area contributed by atoms with Crippen LogP contribution in [0.2, 0.25) is 0 Å². The number of rotatable bonds is 3. The van der Waals surface area contributed by atoms with Gasteiger partial charge in [-0.3, -0.25) is 4.79 Å². The van der Waals surface area contributed by atoms with Crippen molar-refractivity contribution in [2.75, 3.05) is 6.61 Å². The summed E-state index contributed by atoms with van der Waals surface area (Å²) >= 11 is 3.25. The molecule has 0 spiro atoms. The minimum Gasteiger partial charge on any atom is -0.394 e. The quantitative estimate of drug-likeness (QED) is 0.884. The van der Waals surface area contributed by atoms with Gasteiger partial charge >= 0.3 is 0 Å². The summed E-state index contributed by atoms with van der Waals surface area (Å²) < 4.78 is 13.8. The highest BCUT2D eigenvalue weighted by atomic mass is 79.9. The maximum Gasteiger partial charge on any atom is 0.253 e. The van der Waals surface area contributed by atoms with Crippen LogP contribution in [0.4, 0.5) is 4.39 Å². The van der Waals surface area contributed by atoms with Crippen molar-refractivity contribution >= 4 is 21.8 Å². The Morgan fingerprint density at radius 2 is 2.15 bits per heavy atom. The summed E-state index contributed by atoms with van der Waals surface area (Å²) in [5.74, 6) is -0.180. The number of aliphatic hydroxyl groups is 1. The zero-order valence-corrected chi connectivity index (χ0v) is 13.0. The highest BCUT2D eigenvalue weighted by Gasteiger charge is 2.35. The van der Waals surface area contributed by atoms with E-state index >= 15 is 0 Å². The molecule has 1 aliphatic rings. The van der Waals surface area contributed by atoms with Crippen LogP contribution >= 0.6 is 15.9 Å². The first-order valence-electron chi connectivity index (χ1n) is 6.84. The number of halogens is 2. The molecule has 110 valence electrons. The van der Waals surface area contributed by atoms with Gasteiger partial charge in [-0.1, -0.05) is 6.92 Å². The predicted molar refractivity (Wildman–Crippen MR) is 79.0 cm³/mol. The summed E-state index contributed by atoms with van der Waals surface area (Å²) in [7, 11) is 0. The number of aliphatic hydroxyl groups excluding tert-OH is 1. The van der Waals surface area contributed by atoms with Crippen LogP contribution < -0.4 is 5.32 Å². The molecule has 0 aliphatic heterocycles. The second kappa shape index (κ2) is 6.22. The molecule has 0 heterocycles. The fourth-order valence-electron chi connectivity index (χ4n) is 2.62. The molecule has 1 amide bonds. The van der Waals surface area contributed by atoms with E-state index in [2.05, 4.69) is 28.2 Å². The third kappa shape index (κ3) is 3.38. The van der Waals surface area contributed by atoms with Gasteiger partial charge in [-0.25, -0.2) is 4.39 Å². The van der Waals surface area contributed by atoms with Crippen LogP contribution in [0.5, 0.6) is 0 Å². The van der Waals surface area contributed by atoms with E-state index in [1.807, 2.05) is 0 Å². The number of nitrogens with one attached hydrogen (secondary N) is 1. The zero-order chi connectivity index (χ0) is 14.8. The molecule has 20 heavy (non-hydrogen) atoms. The minimum atomic E-state index is -0.574. The van der Waals surface area contributed by atoms with Gasteiger partial charge in [-0.15, -0.1) is 0 Å². The Kier molecular flexibility index (Phi) is 4.81. The van der Waals surface area contributed by atoms with Crippen molar-refractivity contribution in [3.05, 3.63) is 34.1 Å². The molecule has 0 aromatic heterocycles. The summed E-state index contributed by atoms with van der Waals surface area (Å²) in [5, 5.41) is 12.5. The van der Waals surface area contributed by atoms with Crippen molar-refractivity contribution in [2.45, 2.75) is 38.1 Å². The van der Waals surface area contributed by atoms with E-state index in [9.17, 15) is 14.3 Å². The molecule has 1 saturated carbocycles. The Morgan fingerprint density at radius 1 is 1.50 bits per heavy atom. The predicted octanol–water partition coefficient (Wildman–Crippen LogP) is 3.26. The highest BCUT2D eigenvalue weighted by molar-refractivity contribution is 9.10. The molecular weight excluding hydrogens is 325 g/mol. The van der Waals surface area contributed by atoms with Crippen molar-refractivity contribution in [3.8, 4) is 0 Å². The van der Waals surface area contributed by atoms with Crippen LogP contribution in [-0.4, -0.2) is 23.2 Å². The number of amides is 1. The Balaban J connectivity index is 2.15. The average Bonchev–Trinajstić information content (AvgIpc) is 2.44. The van der Waals surface area contributed by atoms with E-state index in [4.69, 9.17) is 0 Å². The number of benzene rings is 1. The van der Waals surface area contributed by atoms with Gasteiger partial charge in [0.1, 0.15) is 5.82 Å². The highest BCUT2D eigenvalue weighted by Crippen LogP contribution is 2.32. The normalized spacial score (nSPS) is 26.3. The third-order valence-electron chi connectivity index (χ3n) is 4.09. The number of hydrogen-bond donors (Lipinski definition) is 2. The lowest BCUT2D eigenvalue weighted by Gasteiger charge is -2.38. The van der Waals surface area contributed by atoms with Gasteiger partial charge in [0.2, 0.25) is 0 Å². The first kappa shape index (κ1) is 15.4. The Bertz CT molecular complexity index is 499. The van der Waals surface area contributed by atoms with E-state index in [1.54, 1.807) is 0 Å². The second-order valence-electron chi connectivity index (χ2n) is 5.70. The lowest BCUT2D eigenvalue weighted by molar-refractivity contribution is 0.0716. The van der Waals surface area contributed by atoms with E-state index in [0.29, 0.717) is 10.4 Å². The molecule has 1 aromatic carbocycles. The molecule has 3 nitrogen and oxygen atoms in total. The van der Waals surface area contributed by atoms with Gasteiger partial charge in [-0.05, 0) is 65.7 Å². The lowest BCUT2D eigenvalue weighted by Crippen LogP contribution is -2.53. The van der Waals surface area contributed by atoms with E-state index in [1.165, 1.54) is 18.2 Å².